The minimum atomic E-state index is 0.415. The van der Waals surface area contributed by atoms with Crippen molar-refractivity contribution in [2.45, 2.75) is 33.1 Å². The molecule has 0 atom stereocenters. The van der Waals surface area contributed by atoms with Gasteiger partial charge in [0.25, 0.3) is 0 Å². The third-order valence-electron chi connectivity index (χ3n) is 5.86. The van der Waals surface area contributed by atoms with E-state index in [0.29, 0.717) is 5.92 Å². The smallest absolute Gasteiger partial charge is 0.182 e. The summed E-state index contributed by atoms with van der Waals surface area (Å²) in [4.78, 5) is 9.46. The number of aromatic nitrogens is 5. The lowest BCUT2D eigenvalue weighted by molar-refractivity contribution is 0.859. The maximum absolute atomic E-state index is 4.89. The van der Waals surface area contributed by atoms with Crippen LogP contribution in [0, 0.1) is 6.92 Å². The van der Waals surface area contributed by atoms with Gasteiger partial charge in [0.2, 0.25) is 0 Å². The number of benzene rings is 2. The number of fused-ring (bicyclic) bond motifs is 1. The molecule has 5 rings (SSSR count). The van der Waals surface area contributed by atoms with Crippen LogP contribution in [-0.4, -0.2) is 24.1 Å². The number of aryl methyl sites for hydroxylation is 2. The van der Waals surface area contributed by atoms with Crippen LogP contribution < -0.4 is 0 Å². The number of hydrogen-bond donors (Lipinski definition) is 0. The highest BCUT2D eigenvalue weighted by atomic mass is 15.3. The summed E-state index contributed by atoms with van der Waals surface area (Å²) < 4.78 is 4.04. The van der Waals surface area contributed by atoms with E-state index in [1.807, 2.05) is 30.8 Å². The van der Waals surface area contributed by atoms with E-state index in [-0.39, 0.29) is 0 Å². The molecule has 2 aromatic carbocycles. The number of imidazole rings is 1. The Balaban J connectivity index is 1.47. The van der Waals surface area contributed by atoms with Crippen LogP contribution in [0.1, 0.15) is 42.3 Å². The molecule has 0 N–H and O–H groups in total. The molecule has 0 saturated carbocycles. The fourth-order valence-corrected chi connectivity index (χ4v) is 4.28. The average Bonchev–Trinajstić information content (AvgIpc) is 3.37. The molecule has 0 saturated heterocycles. The Labute approximate surface area is 188 Å². The second-order valence-corrected chi connectivity index (χ2v) is 8.65. The molecule has 0 spiro atoms. The van der Waals surface area contributed by atoms with Crippen molar-refractivity contribution in [3.05, 3.63) is 95.4 Å². The molecule has 0 unspecified atom stereocenters. The minimum Gasteiger partial charge on any atom is -0.334 e. The normalized spacial score (nSPS) is 11.5. The van der Waals surface area contributed by atoms with Gasteiger partial charge in [0.1, 0.15) is 5.82 Å². The third-order valence-corrected chi connectivity index (χ3v) is 5.86. The van der Waals surface area contributed by atoms with Crippen LogP contribution in [0.2, 0.25) is 0 Å². The van der Waals surface area contributed by atoms with Gasteiger partial charge in [-0.15, -0.1) is 5.10 Å². The molecular weight excluding hydrogens is 394 g/mol. The topological polar surface area (TPSA) is 48.0 Å². The molecule has 5 aromatic rings. The molecule has 0 aliphatic carbocycles. The summed E-state index contributed by atoms with van der Waals surface area (Å²) in [6.07, 6.45) is 2.83. The van der Waals surface area contributed by atoms with Gasteiger partial charge in [0.15, 0.2) is 11.5 Å². The first-order valence-electron chi connectivity index (χ1n) is 11.0. The van der Waals surface area contributed by atoms with Crippen molar-refractivity contribution in [3.8, 4) is 22.8 Å². The van der Waals surface area contributed by atoms with E-state index < -0.39 is 0 Å². The summed E-state index contributed by atoms with van der Waals surface area (Å²) in [6.45, 7) is 6.43. The highest BCUT2D eigenvalue weighted by molar-refractivity contribution is 5.63. The van der Waals surface area contributed by atoms with E-state index in [1.54, 1.807) is 0 Å². The number of rotatable bonds is 5. The van der Waals surface area contributed by atoms with Gasteiger partial charge in [-0.05, 0) is 36.1 Å². The van der Waals surface area contributed by atoms with Gasteiger partial charge in [-0.1, -0.05) is 68.4 Å². The lowest BCUT2D eigenvalue weighted by atomic mass is 9.97. The minimum absolute atomic E-state index is 0.415. The Morgan fingerprint density at radius 1 is 0.875 bits per heavy atom. The summed E-state index contributed by atoms with van der Waals surface area (Å²) in [5, 5.41) is 4.89. The summed E-state index contributed by atoms with van der Waals surface area (Å²) in [5.41, 5.74) is 7.74. The zero-order valence-corrected chi connectivity index (χ0v) is 18.9. The molecule has 0 fully saturated rings. The Morgan fingerprint density at radius 2 is 1.66 bits per heavy atom. The zero-order chi connectivity index (χ0) is 22.2. The second kappa shape index (κ2) is 8.08. The van der Waals surface area contributed by atoms with Crippen molar-refractivity contribution < 1.29 is 0 Å². The van der Waals surface area contributed by atoms with Gasteiger partial charge in [0.05, 0.1) is 5.69 Å². The highest BCUT2D eigenvalue weighted by Crippen LogP contribution is 2.27. The lowest BCUT2D eigenvalue weighted by Crippen LogP contribution is -2.00. The fraction of sp³-hybridized carbons (Fsp3) is 0.222. The zero-order valence-electron chi connectivity index (χ0n) is 18.9. The fourth-order valence-electron chi connectivity index (χ4n) is 4.28. The average molecular weight is 422 g/mol. The maximum atomic E-state index is 4.89. The second-order valence-electron chi connectivity index (χ2n) is 8.65. The first kappa shape index (κ1) is 20.2. The van der Waals surface area contributed by atoms with Gasteiger partial charge >= 0.3 is 0 Å². The molecule has 0 aliphatic heterocycles. The van der Waals surface area contributed by atoms with Crippen molar-refractivity contribution in [3.63, 3.8) is 0 Å². The van der Waals surface area contributed by atoms with Gasteiger partial charge < -0.3 is 4.57 Å². The van der Waals surface area contributed by atoms with E-state index in [2.05, 4.69) is 84.1 Å². The van der Waals surface area contributed by atoms with Crippen molar-refractivity contribution in [2.24, 2.45) is 7.05 Å². The van der Waals surface area contributed by atoms with Crippen molar-refractivity contribution in [1.82, 2.24) is 24.1 Å². The van der Waals surface area contributed by atoms with E-state index in [4.69, 9.17) is 10.1 Å². The van der Waals surface area contributed by atoms with Gasteiger partial charge in [-0.25, -0.2) is 14.5 Å². The largest absolute Gasteiger partial charge is 0.334 e. The molecule has 5 nitrogen and oxygen atoms in total. The molecular formula is C27H27N5. The van der Waals surface area contributed by atoms with Crippen LogP contribution in [0.3, 0.4) is 0 Å². The summed E-state index contributed by atoms with van der Waals surface area (Å²) in [5.74, 6) is 2.18. The standard InChI is InChI=1S/C27H27N5/c1-18(2)23-9-5-6-10-24(23)26-29-25-11-7-8-22(32(25)30-26)16-20-12-14-21(15-13-20)27-28-19(3)17-31(27)4/h5-15,17-18H,16H2,1-4H3. The van der Waals surface area contributed by atoms with E-state index in [1.165, 1.54) is 11.1 Å². The van der Waals surface area contributed by atoms with Crippen LogP contribution in [0.15, 0.2) is 72.9 Å². The van der Waals surface area contributed by atoms with Crippen LogP contribution in [0.25, 0.3) is 28.4 Å². The van der Waals surface area contributed by atoms with Crippen molar-refractivity contribution >= 4 is 5.65 Å². The Kier molecular flexibility index (Phi) is 5.10. The molecule has 0 radical (unpaired) electrons. The summed E-state index contributed by atoms with van der Waals surface area (Å²) in [7, 11) is 2.03. The summed E-state index contributed by atoms with van der Waals surface area (Å²) >= 11 is 0. The quantitative estimate of drug-likeness (QED) is 0.359. The van der Waals surface area contributed by atoms with E-state index in [0.717, 1.165) is 46.2 Å². The Hall–Kier alpha value is -3.73. The van der Waals surface area contributed by atoms with Gasteiger partial charge in [-0.3, -0.25) is 0 Å². The van der Waals surface area contributed by atoms with E-state index >= 15 is 0 Å². The van der Waals surface area contributed by atoms with Crippen LogP contribution in [0.4, 0.5) is 0 Å². The molecule has 5 heteroatoms. The van der Waals surface area contributed by atoms with Crippen LogP contribution in [0.5, 0.6) is 0 Å². The molecule has 0 bridgehead atoms. The predicted molar refractivity (Wildman–Crippen MR) is 129 cm³/mol. The van der Waals surface area contributed by atoms with Crippen LogP contribution in [-0.2, 0) is 13.5 Å². The first-order valence-corrected chi connectivity index (χ1v) is 11.0. The van der Waals surface area contributed by atoms with Crippen LogP contribution >= 0.6 is 0 Å². The summed E-state index contributed by atoms with van der Waals surface area (Å²) in [6, 6.07) is 23.2. The number of hydrogen-bond acceptors (Lipinski definition) is 3. The maximum Gasteiger partial charge on any atom is 0.182 e. The monoisotopic (exact) mass is 421 g/mol. The SMILES string of the molecule is Cc1cn(C)c(-c2ccc(Cc3cccc4nc(-c5ccccc5C(C)C)nn34)cc2)n1. The number of pyridine rings is 1. The Bertz CT molecular complexity index is 1390. The molecule has 160 valence electrons. The Morgan fingerprint density at radius 3 is 2.38 bits per heavy atom. The van der Waals surface area contributed by atoms with E-state index in [9.17, 15) is 0 Å². The van der Waals surface area contributed by atoms with Gasteiger partial charge in [0, 0.05) is 36.5 Å². The molecule has 0 amide bonds. The first-order chi connectivity index (χ1) is 15.5. The molecule has 3 aromatic heterocycles. The third kappa shape index (κ3) is 3.71. The molecule has 0 aliphatic rings. The molecule has 3 heterocycles. The predicted octanol–water partition coefficient (Wildman–Crippen LogP) is 5.82. The highest BCUT2D eigenvalue weighted by Gasteiger charge is 2.14. The van der Waals surface area contributed by atoms with Gasteiger partial charge in [-0.2, -0.15) is 0 Å². The molecule has 32 heavy (non-hydrogen) atoms. The van der Waals surface area contributed by atoms with Crippen molar-refractivity contribution in [2.75, 3.05) is 0 Å². The number of nitrogens with zero attached hydrogens (tertiary/aromatic N) is 5. The van der Waals surface area contributed by atoms with Crippen molar-refractivity contribution in [1.29, 1.82) is 0 Å². The lowest BCUT2D eigenvalue weighted by Gasteiger charge is -2.09.